The molecule has 1 heterocycles. The summed E-state index contributed by atoms with van der Waals surface area (Å²) in [4.78, 5) is 7.18. The molecular formula is C12H12ClN3O4S. The lowest BCUT2D eigenvalue weighted by Gasteiger charge is -2.12. The summed E-state index contributed by atoms with van der Waals surface area (Å²) in [7, 11) is -0.905. The van der Waals surface area contributed by atoms with Crippen LogP contribution in [0.15, 0.2) is 35.5 Å². The molecule has 0 aliphatic carbocycles. The molecule has 0 bridgehead atoms. The van der Waals surface area contributed by atoms with Crippen LogP contribution in [-0.2, 0) is 10.0 Å². The second kappa shape index (κ2) is 6.15. The van der Waals surface area contributed by atoms with Crippen molar-refractivity contribution in [1.29, 1.82) is 0 Å². The Morgan fingerprint density at radius 1 is 1.14 bits per heavy atom. The Morgan fingerprint density at radius 3 is 2.38 bits per heavy atom. The van der Waals surface area contributed by atoms with E-state index in [1.165, 1.54) is 20.3 Å². The van der Waals surface area contributed by atoms with Gasteiger partial charge in [0.25, 0.3) is 10.0 Å². The topological polar surface area (TPSA) is 90.4 Å². The highest BCUT2D eigenvalue weighted by Crippen LogP contribution is 2.30. The van der Waals surface area contributed by atoms with Crippen LogP contribution in [0.1, 0.15) is 0 Å². The Kier molecular flexibility index (Phi) is 4.49. The lowest BCUT2D eigenvalue weighted by Crippen LogP contribution is -2.14. The molecule has 0 amide bonds. The number of nitrogens with zero attached hydrogens (tertiary/aromatic N) is 2. The van der Waals surface area contributed by atoms with Crippen molar-refractivity contribution in [3.8, 4) is 11.5 Å². The number of rotatable bonds is 5. The van der Waals surface area contributed by atoms with Crippen molar-refractivity contribution in [3.05, 3.63) is 35.9 Å². The number of benzene rings is 1. The van der Waals surface area contributed by atoms with Crippen LogP contribution in [0.5, 0.6) is 11.5 Å². The van der Waals surface area contributed by atoms with E-state index in [4.69, 9.17) is 21.1 Å². The van der Waals surface area contributed by atoms with Crippen LogP contribution in [-0.4, -0.2) is 32.6 Å². The van der Waals surface area contributed by atoms with Crippen molar-refractivity contribution in [2.75, 3.05) is 18.9 Å². The molecular weight excluding hydrogens is 318 g/mol. The average molecular weight is 330 g/mol. The molecule has 0 radical (unpaired) electrons. The molecule has 0 saturated heterocycles. The van der Waals surface area contributed by atoms with Gasteiger partial charge >= 0.3 is 0 Å². The van der Waals surface area contributed by atoms with Gasteiger partial charge in [0.05, 0.1) is 32.3 Å². The number of aromatic nitrogens is 2. The molecule has 21 heavy (non-hydrogen) atoms. The molecule has 1 N–H and O–H groups in total. The molecule has 0 aliphatic rings. The van der Waals surface area contributed by atoms with Gasteiger partial charge in [0, 0.05) is 6.07 Å². The quantitative estimate of drug-likeness (QED) is 0.843. The smallest absolute Gasteiger partial charge is 0.265 e. The number of anilines is 1. The van der Waals surface area contributed by atoms with Crippen molar-refractivity contribution in [2.24, 2.45) is 0 Å². The summed E-state index contributed by atoms with van der Waals surface area (Å²) in [5, 5.41) is -0.0315. The zero-order valence-corrected chi connectivity index (χ0v) is 12.8. The number of nitrogens with one attached hydrogen (secondary N) is 1. The van der Waals surface area contributed by atoms with Crippen molar-refractivity contribution >= 4 is 27.3 Å². The first-order chi connectivity index (χ1) is 9.96. The van der Waals surface area contributed by atoms with Crippen LogP contribution in [0.2, 0.25) is 5.28 Å². The minimum Gasteiger partial charge on any atom is -0.497 e. The number of hydrogen-bond donors (Lipinski definition) is 1. The number of methoxy groups -OCH3 is 2. The molecule has 0 spiro atoms. The maximum atomic E-state index is 12.2. The van der Waals surface area contributed by atoms with Gasteiger partial charge in [-0.25, -0.2) is 18.4 Å². The second-order valence-corrected chi connectivity index (χ2v) is 5.88. The zero-order chi connectivity index (χ0) is 15.5. The molecule has 112 valence electrons. The standard InChI is InChI=1S/C12H12ClN3O4S/c1-19-8-3-4-10(11(5-8)20-2)16-21(17,18)9-6-14-12(13)15-7-9/h3-7,16H,1-2H3. The molecule has 0 atom stereocenters. The van der Waals surface area contributed by atoms with Gasteiger partial charge in [0.2, 0.25) is 5.28 Å². The van der Waals surface area contributed by atoms with Crippen LogP contribution in [0, 0.1) is 0 Å². The molecule has 2 aromatic rings. The highest BCUT2D eigenvalue weighted by Gasteiger charge is 2.18. The van der Waals surface area contributed by atoms with Crippen molar-refractivity contribution in [1.82, 2.24) is 9.97 Å². The average Bonchev–Trinajstić information content (AvgIpc) is 2.47. The summed E-state index contributed by atoms with van der Waals surface area (Å²) < 4.78 is 37.0. The first-order valence-electron chi connectivity index (χ1n) is 5.68. The highest BCUT2D eigenvalue weighted by atomic mass is 35.5. The lowest BCUT2D eigenvalue weighted by atomic mass is 10.3. The number of hydrogen-bond acceptors (Lipinski definition) is 6. The largest absolute Gasteiger partial charge is 0.497 e. The van der Waals surface area contributed by atoms with E-state index in [2.05, 4.69) is 14.7 Å². The van der Waals surface area contributed by atoms with Crippen molar-refractivity contribution < 1.29 is 17.9 Å². The van der Waals surface area contributed by atoms with Crippen LogP contribution < -0.4 is 14.2 Å². The van der Waals surface area contributed by atoms with Gasteiger partial charge in [0.1, 0.15) is 16.4 Å². The van der Waals surface area contributed by atoms with Crippen LogP contribution in [0.3, 0.4) is 0 Å². The summed E-state index contributed by atoms with van der Waals surface area (Å²) in [5.74, 6) is 0.873. The fraction of sp³-hybridized carbons (Fsp3) is 0.167. The number of halogens is 1. The van der Waals surface area contributed by atoms with Gasteiger partial charge in [-0.05, 0) is 23.7 Å². The Balaban J connectivity index is 2.34. The molecule has 1 aromatic heterocycles. The molecule has 0 saturated carbocycles. The maximum absolute atomic E-state index is 12.2. The summed E-state index contributed by atoms with van der Waals surface area (Å²) in [6, 6.07) is 4.71. The molecule has 2 rings (SSSR count). The Bertz CT molecular complexity index is 735. The Labute approximate surface area is 126 Å². The first-order valence-corrected chi connectivity index (χ1v) is 7.55. The van der Waals surface area contributed by atoms with E-state index in [1.807, 2.05) is 0 Å². The van der Waals surface area contributed by atoms with Crippen LogP contribution in [0.4, 0.5) is 5.69 Å². The van der Waals surface area contributed by atoms with E-state index in [0.717, 1.165) is 12.4 Å². The monoisotopic (exact) mass is 329 g/mol. The Hall–Kier alpha value is -2.06. The van der Waals surface area contributed by atoms with E-state index < -0.39 is 10.0 Å². The van der Waals surface area contributed by atoms with Gasteiger partial charge in [0.15, 0.2) is 0 Å². The summed E-state index contributed by atoms with van der Waals surface area (Å²) >= 11 is 5.53. The van der Waals surface area contributed by atoms with Gasteiger partial charge in [-0.1, -0.05) is 0 Å². The molecule has 0 aliphatic heterocycles. The normalized spacial score (nSPS) is 11.0. The molecule has 1 aromatic carbocycles. The summed E-state index contributed by atoms with van der Waals surface area (Å²) in [6.07, 6.45) is 2.24. The summed E-state index contributed by atoms with van der Waals surface area (Å²) in [6.45, 7) is 0. The molecule has 9 heteroatoms. The zero-order valence-electron chi connectivity index (χ0n) is 11.2. The molecule has 0 unspecified atom stereocenters. The first kappa shape index (κ1) is 15.3. The molecule has 0 fully saturated rings. The van der Waals surface area contributed by atoms with E-state index in [-0.39, 0.29) is 15.9 Å². The highest BCUT2D eigenvalue weighted by molar-refractivity contribution is 7.92. The van der Waals surface area contributed by atoms with Crippen LogP contribution in [0.25, 0.3) is 0 Å². The third kappa shape index (κ3) is 3.53. The number of sulfonamides is 1. The fourth-order valence-corrected chi connectivity index (χ4v) is 2.58. The maximum Gasteiger partial charge on any atom is 0.265 e. The fourth-order valence-electron chi connectivity index (χ4n) is 1.53. The lowest BCUT2D eigenvalue weighted by molar-refractivity contribution is 0.395. The minimum atomic E-state index is -3.84. The second-order valence-electron chi connectivity index (χ2n) is 3.86. The van der Waals surface area contributed by atoms with E-state index >= 15 is 0 Å². The number of ether oxygens (including phenoxy) is 2. The predicted molar refractivity (Wildman–Crippen MR) is 77.4 cm³/mol. The van der Waals surface area contributed by atoms with E-state index in [1.54, 1.807) is 12.1 Å². The summed E-state index contributed by atoms with van der Waals surface area (Å²) in [5.41, 5.74) is 0.272. The van der Waals surface area contributed by atoms with E-state index in [9.17, 15) is 8.42 Å². The third-order valence-electron chi connectivity index (χ3n) is 2.56. The van der Waals surface area contributed by atoms with Crippen LogP contribution >= 0.6 is 11.6 Å². The SMILES string of the molecule is COc1ccc(NS(=O)(=O)c2cnc(Cl)nc2)c(OC)c1. The van der Waals surface area contributed by atoms with E-state index in [0.29, 0.717) is 11.5 Å². The third-order valence-corrected chi connectivity index (χ3v) is 4.08. The van der Waals surface area contributed by atoms with Gasteiger partial charge in [-0.15, -0.1) is 0 Å². The molecule has 7 nitrogen and oxygen atoms in total. The van der Waals surface area contributed by atoms with Gasteiger partial charge in [-0.3, -0.25) is 4.72 Å². The van der Waals surface area contributed by atoms with Gasteiger partial charge < -0.3 is 9.47 Å². The minimum absolute atomic E-state index is 0.0315. The van der Waals surface area contributed by atoms with Gasteiger partial charge in [-0.2, -0.15) is 0 Å². The predicted octanol–water partition coefficient (Wildman–Crippen LogP) is 1.95. The van der Waals surface area contributed by atoms with Crippen molar-refractivity contribution in [3.63, 3.8) is 0 Å². The Morgan fingerprint density at radius 2 is 1.81 bits per heavy atom. The van der Waals surface area contributed by atoms with Crippen molar-refractivity contribution in [2.45, 2.75) is 4.90 Å².